The molecule has 1 saturated heterocycles. The van der Waals surface area contributed by atoms with E-state index in [-0.39, 0.29) is 30.4 Å². The number of rotatable bonds is 11. The van der Waals surface area contributed by atoms with E-state index in [1.165, 1.54) is 0 Å². The van der Waals surface area contributed by atoms with Gasteiger partial charge in [0.2, 0.25) is 11.8 Å². The highest BCUT2D eigenvalue weighted by Crippen LogP contribution is 2.15. The smallest absolute Gasteiger partial charge is 0.251 e. The fourth-order valence-corrected chi connectivity index (χ4v) is 4.00. The normalized spacial score (nSPS) is 14.5. The molecule has 8 nitrogen and oxygen atoms in total. The van der Waals surface area contributed by atoms with Crippen molar-refractivity contribution >= 4 is 34.8 Å². The number of aryl methyl sites for hydroxylation is 1. The third kappa shape index (κ3) is 8.47. The first-order chi connectivity index (χ1) is 18.0. The molecule has 0 bridgehead atoms. The molecule has 3 aromatic carbocycles. The molecule has 192 valence electrons. The summed E-state index contributed by atoms with van der Waals surface area (Å²) in [7, 11) is 0. The Kier molecular flexibility index (Phi) is 9.26. The first kappa shape index (κ1) is 25.9. The lowest BCUT2D eigenvalue weighted by molar-refractivity contribution is -0.116. The third-order valence-electron chi connectivity index (χ3n) is 6.05. The highest BCUT2D eigenvalue weighted by molar-refractivity contribution is 5.96. The lowest BCUT2D eigenvalue weighted by atomic mass is 10.1. The van der Waals surface area contributed by atoms with Crippen LogP contribution in [0.2, 0.25) is 0 Å². The number of amides is 3. The minimum Gasteiger partial charge on any atom is -0.376 e. The number of hydrogen-bond acceptors (Lipinski definition) is 5. The zero-order valence-corrected chi connectivity index (χ0v) is 20.7. The molecule has 3 amide bonds. The Morgan fingerprint density at radius 3 is 2.11 bits per heavy atom. The maximum Gasteiger partial charge on any atom is 0.251 e. The maximum absolute atomic E-state index is 12.3. The molecule has 1 heterocycles. The zero-order valence-electron chi connectivity index (χ0n) is 20.7. The van der Waals surface area contributed by atoms with Crippen molar-refractivity contribution in [3.05, 3.63) is 90.0 Å². The summed E-state index contributed by atoms with van der Waals surface area (Å²) in [5.41, 5.74) is 3.73. The van der Waals surface area contributed by atoms with E-state index in [4.69, 9.17) is 4.74 Å². The molecule has 4 rings (SSSR count). The molecule has 0 saturated carbocycles. The maximum atomic E-state index is 12.3. The minimum atomic E-state index is -0.214. The first-order valence-electron chi connectivity index (χ1n) is 12.5. The summed E-state index contributed by atoms with van der Waals surface area (Å²) in [5, 5.41) is 11.6. The van der Waals surface area contributed by atoms with Crippen LogP contribution in [0.4, 0.5) is 17.1 Å². The fourth-order valence-electron chi connectivity index (χ4n) is 4.00. The number of carbonyl (C=O) groups is 3. The molecule has 1 aliphatic rings. The van der Waals surface area contributed by atoms with Gasteiger partial charge in [-0.25, -0.2) is 0 Å². The van der Waals surface area contributed by atoms with Crippen molar-refractivity contribution in [2.75, 3.05) is 35.6 Å². The van der Waals surface area contributed by atoms with Crippen molar-refractivity contribution in [3.63, 3.8) is 0 Å². The molecule has 0 radical (unpaired) electrons. The quantitative estimate of drug-likeness (QED) is 0.315. The molecule has 0 aliphatic carbocycles. The van der Waals surface area contributed by atoms with Crippen LogP contribution in [0.15, 0.2) is 78.9 Å². The summed E-state index contributed by atoms with van der Waals surface area (Å²) in [4.78, 5) is 36.8. The fraction of sp³-hybridized carbons (Fsp3) is 0.276. The summed E-state index contributed by atoms with van der Waals surface area (Å²) in [6, 6.07) is 23.9. The van der Waals surface area contributed by atoms with Crippen molar-refractivity contribution in [2.24, 2.45) is 0 Å². The Hall–Kier alpha value is -4.17. The monoisotopic (exact) mass is 500 g/mol. The molecule has 1 aliphatic heterocycles. The van der Waals surface area contributed by atoms with E-state index in [0.29, 0.717) is 36.3 Å². The number of benzene rings is 3. The second-order valence-corrected chi connectivity index (χ2v) is 8.94. The van der Waals surface area contributed by atoms with Crippen LogP contribution in [0, 0.1) is 0 Å². The zero-order chi connectivity index (χ0) is 25.9. The van der Waals surface area contributed by atoms with E-state index in [1.807, 2.05) is 42.5 Å². The Balaban J connectivity index is 1.16. The van der Waals surface area contributed by atoms with E-state index in [0.717, 1.165) is 30.7 Å². The van der Waals surface area contributed by atoms with Crippen LogP contribution in [0.5, 0.6) is 0 Å². The van der Waals surface area contributed by atoms with Gasteiger partial charge in [-0.2, -0.15) is 0 Å². The largest absolute Gasteiger partial charge is 0.376 e. The summed E-state index contributed by atoms with van der Waals surface area (Å²) in [6.07, 6.45) is 3.19. The van der Waals surface area contributed by atoms with Gasteiger partial charge >= 0.3 is 0 Å². The third-order valence-corrected chi connectivity index (χ3v) is 6.05. The van der Waals surface area contributed by atoms with Gasteiger partial charge in [-0.15, -0.1) is 0 Å². The summed E-state index contributed by atoms with van der Waals surface area (Å²) in [5.74, 6) is -0.421. The van der Waals surface area contributed by atoms with Gasteiger partial charge in [-0.3, -0.25) is 14.4 Å². The Morgan fingerprint density at radius 1 is 0.784 bits per heavy atom. The van der Waals surface area contributed by atoms with Gasteiger partial charge in [0.15, 0.2) is 0 Å². The molecule has 0 spiro atoms. The standard InChI is InChI=1S/C29H32N4O4/c34-27(17-8-21-5-2-1-3-6-21)32-25-15-13-23(14-16-25)30-20-28(35)33-24-11-9-22(10-12-24)29(36)31-19-26-7-4-18-37-26/h1-3,5-6,9-16,26,30H,4,7-8,17-20H2,(H,31,36)(H,32,34)(H,33,35). The molecule has 1 unspecified atom stereocenters. The lowest BCUT2D eigenvalue weighted by Gasteiger charge is -2.11. The van der Waals surface area contributed by atoms with E-state index in [9.17, 15) is 14.4 Å². The van der Waals surface area contributed by atoms with Gasteiger partial charge in [0, 0.05) is 42.2 Å². The predicted octanol–water partition coefficient (Wildman–Crippen LogP) is 4.22. The van der Waals surface area contributed by atoms with Crippen molar-refractivity contribution in [1.82, 2.24) is 5.32 Å². The molecule has 0 aromatic heterocycles. The summed E-state index contributed by atoms with van der Waals surface area (Å²) < 4.78 is 5.52. The lowest BCUT2D eigenvalue weighted by Crippen LogP contribution is -2.31. The van der Waals surface area contributed by atoms with Gasteiger partial charge in [0.25, 0.3) is 5.91 Å². The van der Waals surface area contributed by atoms with E-state index < -0.39 is 0 Å². The van der Waals surface area contributed by atoms with Crippen LogP contribution in [0.1, 0.15) is 35.2 Å². The minimum absolute atomic E-state index is 0.0460. The number of anilines is 3. The molecule has 4 N–H and O–H groups in total. The average molecular weight is 501 g/mol. The Labute approximate surface area is 216 Å². The van der Waals surface area contributed by atoms with E-state index in [1.54, 1.807) is 36.4 Å². The van der Waals surface area contributed by atoms with Gasteiger partial charge < -0.3 is 26.0 Å². The van der Waals surface area contributed by atoms with E-state index >= 15 is 0 Å². The predicted molar refractivity (Wildman–Crippen MR) is 145 cm³/mol. The van der Waals surface area contributed by atoms with Crippen LogP contribution in [-0.4, -0.2) is 43.5 Å². The van der Waals surface area contributed by atoms with E-state index in [2.05, 4.69) is 21.3 Å². The first-order valence-corrected chi connectivity index (χ1v) is 12.5. The van der Waals surface area contributed by atoms with Gasteiger partial charge in [0.1, 0.15) is 0 Å². The molecule has 1 atom stereocenters. The number of ether oxygens (including phenoxy) is 1. The second-order valence-electron chi connectivity index (χ2n) is 8.94. The van der Waals surface area contributed by atoms with Gasteiger partial charge in [-0.1, -0.05) is 30.3 Å². The van der Waals surface area contributed by atoms with Gasteiger partial charge in [0.05, 0.1) is 12.6 Å². The van der Waals surface area contributed by atoms with Gasteiger partial charge in [-0.05, 0) is 73.4 Å². The topological polar surface area (TPSA) is 109 Å². The number of carbonyl (C=O) groups excluding carboxylic acids is 3. The van der Waals surface area contributed by atoms with Crippen LogP contribution < -0.4 is 21.3 Å². The summed E-state index contributed by atoms with van der Waals surface area (Å²) in [6.45, 7) is 1.33. The molecule has 1 fully saturated rings. The number of hydrogen-bond donors (Lipinski definition) is 4. The molecular weight excluding hydrogens is 468 g/mol. The number of nitrogens with one attached hydrogen (secondary N) is 4. The summed E-state index contributed by atoms with van der Waals surface area (Å²) >= 11 is 0. The van der Waals surface area contributed by atoms with Crippen LogP contribution >= 0.6 is 0 Å². The van der Waals surface area contributed by atoms with Crippen LogP contribution in [-0.2, 0) is 20.7 Å². The molecule has 37 heavy (non-hydrogen) atoms. The average Bonchev–Trinajstić information content (AvgIpc) is 3.45. The Morgan fingerprint density at radius 2 is 1.43 bits per heavy atom. The van der Waals surface area contributed by atoms with Crippen molar-refractivity contribution in [2.45, 2.75) is 31.8 Å². The SMILES string of the molecule is O=C(CCc1ccccc1)Nc1ccc(NCC(=O)Nc2ccc(C(=O)NCC3CCCO3)cc2)cc1. The molecule has 3 aromatic rings. The van der Waals surface area contributed by atoms with Crippen molar-refractivity contribution in [1.29, 1.82) is 0 Å². The molecular formula is C29H32N4O4. The highest BCUT2D eigenvalue weighted by atomic mass is 16.5. The van der Waals surface area contributed by atoms with Crippen molar-refractivity contribution in [3.8, 4) is 0 Å². The highest BCUT2D eigenvalue weighted by Gasteiger charge is 2.16. The van der Waals surface area contributed by atoms with Crippen LogP contribution in [0.25, 0.3) is 0 Å². The molecule has 8 heteroatoms. The second kappa shape index (κ2) is 13.2. The van der Waals surface area contributed by atoms with Crippen LogP contribution in [0.3, 0.4) is 0 Å². The van der Waals surface area contributed by atoms with Crippen molar-refractivity contribution < 1.29 is 19.1 Å². The Bertz CT molecular complexity index is 1170.